The van der Waals surface area contributed by atoms with Crippen molar-refractivity contribution in [2.24, 2.45) is 0 Å². The normalized spacial score (nSPS) is 12.2. The topological polar surface area (TPSA) is 52.3 Å². The highest BCUT2D eigenvalue weighted by molar-refractivity contribution is 9.10. The average molecular weight is 496 g/mol. The van der Waals surface area contributed by atoms with Gasteiger partial charge in [0.2, 0.25) is 5.43 Å². The molecule has 2 aromatic heterocycles. The lowest BCUT2D eigenvalue weighted by Gasteiger charge is -2.23. The summed E-state index contributed by atoms with van der Waals surface area (Å²) < 4.78 is 12.9. The Morgan fingerprint density at radius 1 is 0.909 bits per heavy atom. The van der Waals surface area contributed by atoms with Gasteiger partial charge in [-0.3, -0.25) is 4.79 Å². The third-order valence-corrected chi connectivity index (χ3v) is 6.53. The molecule has 0 N–H and O–H groups in total. The van der Waals surface area contributed by atoms with E-state index in [9.17, 15) is 4.79 Å². The molecule has 0 aliphatic carbocycles. The van der Waals surface area contributed by atoms with E-state index in [-0.39, 0.29) is 5.43 Å². The van der Waals surface area contributed by atoms with Gasteiger partial charge >= 0.3 is 0 Å². The van der Waals surface area contributed by atoms with E-state index in [1.54, 1.807) is 6.26 Å². The maximum Gasteiger partial charge on any atom is 0.200 e. The summed E-state index contributed by atoms with van der Waals surface area (Å²) in [4.78, 5) is 18.6. The molecular formula is C28H18BrNO3. The minimum absolute atomic E-state index is 0.0611. The first-order valence-corrected chi connectivity index (χ1v) is 11.4. The molecule has 5 aromatic rings. The standard InChI is InChI=1S/C28H18BrNO3/c1-16-6-11-26-21(12-16)28(31)23(15-33-26)20-13-24(17-7-9-18(29)10-8-17)30-27-19-4-2-3-5-25(19)32-14-22(20)27/h2-13,15H,14H2,1H3. The fraction of sp³-hybridized carbons (Fsp3) is 0.0714. The number of benzene rings is 3. The van der Waals surface area contributed by atoms with Crippen LogP contribution in [0.25, 0.3) is 44.6 Å². The Hall–Kier alpha value is -3.70. The van der Waals surface area contributed by atoms with E-state index in [0.29, 0.717) is 23.1 Å². The summed E-state index contributed by atoms with van der Waals surface area (Å²) in [5.74, 6) is 0.789. The molecule has 0 saturated heterocycles. The number of para-hydroxylation sites is 1. The maximum absolute atomic E-state index is 13.6. The molecule has 3 heterocycles. The van der Waals surface area contributed by atoms with Crippen molar-refractivity contribution < 1.29 is 9.15 Å². The summed E-state index contributed by atoms with van der Waals surface area (Å²) in [6.45, 7) is 2.30. The molecule has 0 amide bonds. The second-order valence-electron chi connectivity index (χ2n) is 8.15. The van der Waals surface area contributed by atoms with Crippen molar-refractivity contribution >= 4 is 26.9 Å². The number of hydrogen-bond acceptors (Lipinski definition) is 4. The summed E-state index contributed by atoms with van der Waals surface area (Å²) in [7, 11) is 0. The van der Waals surface area contributed by atoms with Crippen molar-refractivity contribution in [1.82, 2.24) is 4.98 Å². The highest BCUT2D eigenvalue weighted by atomic mass is 79.9. The van der Waals surface area contributed by atoms with Gasteiger partial charge in [-0.1, -0.05) is 51.8 Å². The summed E-state index contributed by atoms with van der Waals surface area (Å²) in [5, 5.41) is 0.570. The van der Waals surface area contributed by atoms with Crippen LogP contribution in [0.3, 0.4) is 0 Å². The van der Waals surface area contributed by atoms with Gasteiger partial charge in [-0.05, 0) is 55.0 Å². The fourth-order valence-electron chi connectivity index (χ4n) is 4.32. The molecule has 0 atom stereocenters. The number of aryl methyl sites for hydroxylation is 1. The van der Waals surface area contributed by atoms with Crippen LogP contribution in [-0.2, 0) is 6.61 Å². The van der Waals surface area contributed by atoms with Gasteiger partial charge in [0.05, 0.1) is 22.3 Å². The van der Waals surface area contributed by atoms with Gasteiger partial charge in [0.25, 0.3) is 0 Å². The Balaban J connectivity index is 1.67. The van der Waals surface area contributed by atoms with E-state index in [1.165, 1.54) is 0 Å². The van der Waals surface area contributed by atoms with Crippen LogP contribution in [0.5, 0.6) is 5.75 Å². The Kier molecular flexibility index (Phi) is 4.66. The summed E-state index contributed by atoms with van der Waals surface area (Å²) in [6, 6.07) is 23.5. The van der Waals surface area contributed by atoms with Gasteiger partial charge in [0, 0.05) is 21.2 Å². The van der Waals surface area contributed by atoms with E-state index in [2.05, 4.69) is 15.9 Å². The lowest BCUT2D eigenvalue weighted by atomic mass is 9.92. The molecular weight excluding hydrogens is 478 g/mol. The van der Waals surface area contributed by atoms with Crippen molar-refractivity contribution in [3.63, 3.8) is 0 Å². The zero-order valence-electron chi connectivity index (χ0n) is 17.8. The molecule has 4 nitrogen and oxygen atoms in total. The van der Waals surface area contributed by atoms with Crippen LogP contribution in [0.1, 0.15) is 11.1 Å². The molecule has 0 unspecified atom stereocenters. The first-order chi connectivity index (χ1) is 16.1. The van der Waals surface area contributed by atoms with Crippen LogP contribution in [0, 0.1) is 6.92 Å². The monoisotopic (exact) mass is 495 g/mol. The van der Waals surface area contributed by atoms with Gasteiger partial charge in [-0.2, -0.15) is 0 Å². The van der Waals surface area contributed by atoms with Crippen molar-refractivity contribution in [1.29, 1.82) is 0 Å². The highest BCUT2D eigenvalue weighted by Crippen LogP contribution is 2.41. The molecule has 3 aromatic carbocycles. The van der Waals surface area contributed by atoms with Crippen LogP contribution >= 0.6 is 15.9 Å². The average Bonchev–Trinajstić information content (AvgIpc) is 2.84. The van der Waals surface area contributed by atoms with E-state index in [0.717, 1.165) is 49.4 Å². The zero-order chi connectivity index (χ0) is 22.5. The SMILES string of the molecule is Cc1ccc2occ(-c3cc(-c4ccc(Br)cc4)nc4c3COc3ccccc3-4)c(=O)c2c1. The van der Waals surface area contributed by atoms with Crippen molar-refractivity contribution in [2.45, 2.75) is 13.5 Å². The van der Waals surface area contributed by atoms with E-state index < -0.39 is 0 Å². The molecule has 0 bridgehead atoms. The number of nitrogens with zero attached hydrogens (tertiary/aromatic N) is 1. The largest absolute Gasteiger partial charge is 0.488 e. The van der Waals surface area contributed by atoms with E-state index in [4.69, 9.17) is 14.1 Å². The number of aromatic nitrogens is 1. The molecule has 1 aliphatic heterocycles. The first kappa shape index (κ1) is 19.9. The van der Waals surface area contributed by atoms with Crippen molar-refractivity contribution in [3.8, 4) is 39.4 Å². The molecule has 0 saturated carbocycles. The predicted octanol–water partition coefficient (Wildman–Crippen LogP) is 7.15. The predicted molar refractivity (Wildman–Crippen MR) is 133 cm³/mol. The van der Waals surface area contributed by atoms with Gasteiger partial charge < -0.3 is 9.15 Å². The van der Waals surface area contributed by atoms with Gasteiger partial charge in [-0.25, -0.2) is 4.98 Å². The molecule has 0 fully saturated rings. The number of ether oxygens (including phenoxy) is 1. The van der Waals surface area contributed by atoms with Crippen molar-refractivity contribution in [2.75, 3.05) is 0 Å². The number of fused-ring (bicyclic) bond motifs is 4. The fourth-order valence-corrected chi connectivity index (χ4v) is 4.58. The second-order valence-corrected chi connectivity index (χ2v) is 9.07. The van der Waals surface area contributed by atoms with E-state index in [1.807, 2.05) is 79.7 Å². The Bertz CT molecular complexity index is 1600. The van der Waals surface area contributed by atoms with Crippen LogP contribution in [-0.4, -0.2) is 4.98 Å². The van der Waals surface area contributed by atoms with Gasteiger partial charge in [-0.15, -0.1) is 0 Å². The molecule has 5 heteroatoms. The molecule has 33 heavy (non-hydrogen) atoms. The van der Waals surface area contributed by atoms with Gasteiger partial charge in [0.15, 0.2) is 0 Å². The third kappa shape index (κ3) is 3.36. The Labute approximate surface area is 198 Å². The molecule has 160 valence electrons. The molecule has 1 aliphatic rings. The quantitative estimate of drug-likeness (QED) is 0.260. The maximum atomic E-state index is 13.6. The zero-order valence-corrected chi connectivity index (χ0v) is 19.3. The first-order valence-electron chi connectivity index (χ1n) is 10.6. The lowest BCUT2D eigenvalue weighted by molar-refractivity contribution is 0.302. The summed E-state index contributed by atoms with van der Waals surface area (Å²) in [5.41, 5.74) is 7.20. The van der Waals surface area contributed by atoms with Crippen LogP contribution < -0.4 is 10.2 Å². The smallest absolute Gasteiger partial charge is 0.200 e. The summed E-state index contributed by atoms with van der Waals surface area (Å²) >= 11 is 3.50. The second kappa shape index (κ2) is 7.71. The number of pyridine rings is 1. The van der Waals surface area contributed by atoms with Crippen molar-refractivity contribution in [3.05, 3.63) is 105 Å². The minimum Gasteiger partial charge on any atom is -0.488 e. The van der Waals surface area contributed by atoms with E-state index >= 15 is 0 Å². The van der Waals surface area contributed by atoms with Crippen LogP contribution in [0.2, 0.25) is 0 Å². The molecule has 0 spiro atoms. The highest BCUT2D eigenvalue weighted by Gasteiger charge is 2.25. The minimum atomic E-state index is -0.0611. The lowest BCUT2D eigenvalue weighted by Crippen LogP contribution is -2.13. The summed E-state index contributed by atoms with van der Waals surface area (Å²) in [6.07, 6.45) is 1.56. The molecule has 0 radical (unpaired) electrons. The van der Waals surface area contributed by atoms with Gasteiger partial charge in [0.1, 0.15) is 24.2 Å². The Morgan fingerprint density at radius 2 is 1.73 bits per heavy atom. The molecule has 6 rings (SSSR count). The number of halogens is 1. The van der Waals surface area contributed by atoms with Crippen LogP contribution in [0.15, 0.2) is 92.7 Å². The van der Waals surface area contributed by atoms with Crippen LogP contribution in [0.4, 0.5) is 0 Å². The number of rotatable bonds is 2. The third-order valence-electron chi connectivity index (χ3n) is 6.00. The number of hydrogen-bond donors (Lipinski definition) is 0. The Morgan fingerprint density at radius 3 is 2.58 bits per heavy atom.